The largest absolute Gasteiger partial charge is 0.357 e. The molecule has 0 saturated carbocycles. The lowest BCUT2D eigenvalue weighted by Gasteiger charge is -2.17. The average Bonchev–Trinajstić information content (AvgIpc) is 2.23. The number of unbranched alkanes of at least 4 members (excludes halogenated alkanes) is 1. The van der Waals surface area contributed by atoms with Crippen molar-refractivity contribution in [2.45, 2.75) is 47.0 Å². The van der Waals surface area contributed by atoms with Gasteiger partial charge in [-0.05, 0) is 25.2 Å². The molecule has 0 aliphatic rings. The molecule has 3 heteroatoms. The summed E-state index contributed by atoms with van der Waals surface area (Å²) in [6.45, 7) is 15.2. The Hall–Kier alpha value is -0.990. The van der Waals surface area contributed by atoms with Gasteiger partial charge in [-0.15, -0.1) is 6.58 Å². The number of hydrogen-bond donors (Lipinski definition) is 2. The molecule has 0 fully saturated rings. The zero-order valence-corrected chi connectivity index (χ0v) is 12.0. The van der Waals surface area contributed by atoms with E-state index in [1.54, 1.807) is 0 Å². The molecule has 0 aromatic rings. The van der Waals surface area contributed by atoms with Gasteiger partial charge in [-0.3, -0.25) is 4.99 Å². The molecule has 0 spiro atoms. The fraction of sp³-hybridized carbons (Fsp3) is 0.786. The van der Waals surface area contributed by atoms with Crippen molar-refractivity contribution in [3.8, 4) is 0 Å². The highest BCUT2D eigenvalue weighted by molar-refractivity contribution is 5.79. The van der Waals surface area contributed by atoms with Crippen molar-refractivity contribution in [3.63, 3.8) is 0 Å². The first-order valence-corrected chi connectivity index (χ1v) is 6.62. The summed E-state index contributed by atoms with van der Waals surface area (Å²) in [4.78, 5) is 4.52. The topological polar surface area (TPSA) is 36.4 Å². The van der Waals surface area contributed by atoms with E-state index in [2.05, 4.69) is 49.9 Å². The molecule has 17 heavy (non-hydrogen) atoms. The minimum absolute atomic E-state index is 0.440. The van der Waals surface area contributed by atoms with Crippen molar-refractivity contribution in [1.29, 1.82) is 0 Å². The maximum atomic E-state index is 4.52. The van der Waals surface area contributed by atoms with E-state index in [-0.39, 0.29) is 0 Å². The second kappa shape index (κ2) is 9.08. The summed E-state index contributed by atoms with van der Waals surface area (Å²) in [7, 11) is 0. The van der Waals surface area contributed by atoms with Crippen LogP contribution in [0, 0.1) is 5.41 Å². The Bertz CT molecular complexity index is 226. The first kappa shape index (κ1) is 16.0. The van der Waals surface area contributed by atoms with Gasteiger partial charge in [0.2, 0.25) is 0 Å². The molecule has 0 aliphatic carbocycles. The monoisotopic (exact) mass is 239 g/mol. The zero-order valence-electron chi connectivity index (χ0n) is 12.0. The number of guanidine groups is 1. The van der Waals surface area contributed by atoms with Crippen molar-refractivity contribution in [1.82, 2.24) is 10.6 Å². The number of aliphatic imine (C=N–C) groups is 1. The maximum Gasteiger partial charge on any atom is 0.191 e. The van der Waals surface area contributed by atoms with Crippen LogP contribution in [0.2, 0.25) is 0 Å². The van der Waals surface area contributed by atoms with Gasteiger partial charge in [-0.25, -0.2) is 0 Å². The Balaban J connectivity index is 3.79. The van der Waals surface area contributed by atoms with Crippen molar-refractivity contribution >= 4 is 5.96 Å². The van der Waals surface area contributed by atoms with Crippen molar-refractivity contribution < 1.29 is 0 Å². The van der Waals surface area contributed by atoms with E-state index >= 15 is 0 Å². The molecular formula is C14H29N3. The van der Waals surface area contributed by atoms with Crippen LogP contribution in [0.3, 0.4) is 0 Å². The van der Waals surface area contributed by atoms with Crippen LogP contribution >= 0.6 is 0 Å². The van der Waals surface area contributed by atoms with Crippen LogP contribution in [0.5, 0.6) is 0 Å². The van der Waals surface area contributed by atoms with Gasteiger partial charge in [0.1, 0.15) is 0 Å². The summed E-state index contributed by atoms with van der Waals surface area (Å²) >= 11 is 0. The number of hydrogen-bond acceptors (Lipinski definition) is 1. The Kier molecular flexibility index (Phi) is 8.55. The van der Waals surface area contributed by atoms with Gasteiger partial charge in [0.25, 0.3) is 0 Å². The fourth-order valence-electron chi connectivity index (χ4n) is 1.47. The molecule has 0 aromatic carbocycles. The molecule has 0 bridgehead atoms. The third-order valence-electron chi connectivity index (χ3n) is 2.36. The molecule has 0 atom stereocenters. The predicted molar refractivity (Wildman–Crippen MR) is 77.5 cm³/mol. The van der Waals surface area contributed by atoms with Gasteiger partial charge in [-0.2, -0.15) is 0 Å². The van der Waals surface area contributed by atoms with E-state index in [4.69, 9.17) is 0 Å². The van der Waals surface area contributed by atoms with Crippen LogP contribution < -0.4 is 10.6 Å². The normalized spacial score (nSPS) is 12.4. The highest BCUT2D eigenvalue weighted by Gasteiger charge is 2.08. The van der Waals surface area contributed by atoms with Gasteiger partial charge >= 0.3 is 0 Å². The van der Waals surface area contributed by atoms with Crippen LogP contribution in [-0.4, -0.2) is 25.6 Å². The summed E-state index contributed by atoms with van der Waals surface area (Å²) in [5.74, 6) is 0.892. The van der Waals surface area contributed by atoms with Crippen molar-refractivity contribution in [2.24, 2.45) is 10.4 Å². The first-order valence-electron chi connectivity index (χ1n) is 6.62. The molecular weight excluding hydrogens is 210 g/mol. The lowest BCUT2D eigenvalue weighted by molar-refractivity contribution is 0.361. The van der Waals surface area contributed by atoms with E-state index in [1.165, 1.54) is 12.8 Å². The highest BCUT2D eigenvalue weighted by atomic mass is 15.2. The summed E-state index contributed by atoms with van der Waals surface area (Å²) < 4.78 is 0. The Labute approximate surface area is 107 Å². The van der Waals surface area contributed by atoms with Crippen molar-refractivity contribution in [3.05, 3.63) is 12.7 Å². The first-order chi connectivity index (χ1) is 7.99. The Morgan fingerprint density at radius 2 is 1.94 bits per heavy atom. The zero-order chi connectivity index (χ0) is 13.1. The van der Waals surface area contributed by atoms with Crippen LogP contribution in [0.25, 0.3) is 0 Å². The molecule has 0 amide bonds. The van der Waals surface area contributed by atoms with Gasteiger partial charge in [-0.1, -0.05) is 33.3 Å². The SMILES string of the molecule is C=CCNC(=NCCCCC(C)(C)C)NCC. The van der Waals surface area contributed by atoms with E-state index in [9.17, 15) is 0 Å². The molecule has 0 unspecified atom stereocenters. The summed E-state index contributed by atoms with van der Waals surface area (Å²) in [5, 5.41) is 6.41. The van der Waals surface area contributed by atoms with Crippen LogP contribution in [0.1, 0.15) is 47.0 Å². The van der Waals surface area contributed by atoms with E-state index < -0.39 is 0 Å². The maximum absolute atomic E-state index is 4.52. The van der Waals surface area contributed by atoms with Crippen LogP contribution in [0.15, 0.2) is 17.6 Å². The standard InChI is InChI=1S/C14H29N3/c1-6-11-16-13(15-7-2)17-12-9-8-10-14(3,4)5/h6H,1,7-12H2,2-5H3,(H2,15,16,17). The second-order valence-electron chi connectivity index (χ2n) is 5.45. The minimum Gasteiger partial charge on any atom is -0.357 e. The smallest absolute Gasteiger partial charge is 0.191 e. The molecule has 0 rings (SSSR count). The summed E-state index contributed by atoms with van der Waals surface area (Å²) in [6.07, 6.45) is 5.50. The van der Waals surface area contributed by atoms with Crippen LogP contribution in [0.4, 0.5) is 0 Å². The summed E-state index contributed by atoms with van der Waals surface area (Å²) in [6, 6.07) is 0. The van der Waals surface area contributed by atoms with Gasteiger partial charge < -0.3 is 10.6 Å². The quantitative estimate of drug-likeness (QED) is 0.310. The molecule has 3 nitrogen and oxygen atoms in total. The fourth-order valence-corrected chi connectivity index (χ4v) is 1.47. The Morgan fingerprint density at radius 1 is 1.24 bits per heavy atom. The minimum atomic E-state index is 0.440. The van der Waals surface area contributed by atoms with E-state index in [1.807, 2.05) is 6.08 Å². The van der Waals surface area contributed by atoms with Gasteiger partial charge in [0.15, 0.2) is 5.96 Å². The Morgan fingerprint density at radius 3 is 2.47 bits per heavy atom. The third-order valence-corrected chi connectivity index (χ3v) is 2.36. The number of nitrogens with one attached hydrogen (secondary N) is 2. The average molecular weight is 239 g/mol. The van der Waals surface area contributed by atoms with Gasteiger partial charge in [0, 0.05) is 19.6 Å². The lowest BCUT2D eigenvalue weighted by atomic mass is 9.90. The van der Waals surface area contributed by atoms with E-state index in [0.29, 0.717) is 5.41 Å². The molecule has 0 radical (unpaired) electrons. The molecule has 0 aromatic heterocycles. The summed E-state index contributed by atoms with van der Waals surface area (Å²) in [5.41, 5.74) is 0.440. The second-order valence-corrected chi connectivity index (χ2v) is 5.45. The number of nitrogens with zero attached hydrogens (tertiary/aromatic N) is 1. The van der Waals surface area contributed by atoms with Gasteiger partial charge in [0.05, 0.1) is 0 Å². The molecule has 100 valence electrons. The van der Waals surface area contributed by atoms with E-state index in [0.717, 1.165) is 32.0 Å². The number of rotatable bonds is 7. The molecule has 2 N–H and O–H groups in total. The molecule has 0 heterocycles. The third kappa shape index (κ3) is 11.3. The lowest BCUT2D eigenvalue weighted by Crippen LogP contribution is -2.37. The van der Waals surface area contributed by atoms with Crippen molar-refractivity contribution in [2.75, 3.05) is 19.6 Å². The highest BCUT2D eigenvalue weighted by Crippen LogP contribution is 2.21. The molecule has 0 saturated heterocycles. The van der Waals surface area contributed by atoms with Crippen LogP contribution in [-0.2, 0) is 0 Å². The molecule has 0 aliphatic heterocycles. The predicted octanol–water partition coefficient (Wildman–Crippen LogP) is 2.94.